The highest BCUT2D eigenvalue weighted by Gasteiger charge is 2.20. The fourth-order valence-corrected chi connectivity index (χ4v) is 2.61. The van der Waals surface area contributed by atoms with Crippen LogP contribution in [0.25, 0.3) is 0 Å². The van der Waals surface area contributed by atoms with Gasteiger partial charge in [0.15, 0.2) is 5.11 Å². The van der Waals surface area contributed by atoms with Crippen LogP contribution in [0, 0.1) is 0 Å². The summed E-state index contributed by atoms with van der Waals surface area (Å²) in [6.45, 7) is 1.41. The van der Waals surface area contributed by atoms with E-state index >= 15 is 0 Å². The summed E-state index contributed by atoms with van der Waals surface area (Å²) in [5.74, 6) is -0.933. The van der Waals surface area contributed by atoms with E-state index < -0.39 is 5.97 Å². The summed E-state index contributed by atoms with van der Waals surface area (Å²) in [4.78, 5) is 13.1. The molecule has 0 radical (unpaired) electrons. The van der Waals surface area contributed by atoms with Crippen molar-refractivity contribution in [1.82, 2.24) is 4.90 Å². The Morgan fingerprint density at radius 2 is 2.00 bits per heavy atom. The van der Waals surface area contributed by atoms with Crippen LogP contribution in [0.1, 0.15) is 21.5 Å². The van der Waals surface area contributed by atoms with Crippen molar-refractivity contribution in [2.75, 3.05) is 5.32 Å². The summed E-state index contributed by atoms with van der Waals surface area (Å²) in [6, 6.07) is 15.2. The van der Waals surface area contributed by atoms with Crippen molar-refractivity contribution in [1.29, 1.82) is 0 Å². The first kappa shape index (κ1) is 13.6. The van der Waals surface area contributed by atoms with Gasteiger partial charge in [-0.15, -0.1) is 0 Å². The Labute approximate surface area is 128 Å². The number of rotatable bonds is 3. The van der Waals surface area contributed by atoms with Crippen LogP contribution in [0.15, 0.2) is 48.5 Å². The first-order valence-electron chi connectivity index (χ1n) is 6.59. The number of carboxylic acid groups (broad SMARTS) is 1. The van der Waals surface area contributed by atoms with Crippen LogP contribution in [0.3, 0.4) is 0 Å². The van der Waals surface area contributed by atoms with Gasteiger partial charge in [0, 0.05) is 18.8 Å². The molecule has 0 fully saturated rings. The standard InChI is InChI=1S/C16H14N2O2S/c19-15(20)12-6-7-13-10-18(16(21)17-14(13)8-12)9-11-4-2-1-3-5-11/h1-8H,9-10H2,(H,17,21)(H,19,20). The third-order valence-corrected chi connectivity index (χ3v) is 3.82. The topological polar surface area (TPSA) is 52.6 Å². The molecule has 0 amide bonds. The van der Waals surface area contributed by atoms with Gasteiger partial charge in [-0.2, -0.15) is 0 Å². The number of carboxylic acids is 1. The van der Waals surface area contributed by atoms with E-state index in [0.29, 0.717) is 11.7 Å². The average Bonchev–Trinajstić information content (AvgIpc) is 2.48. The first-order valence-corrected chi connectivity index (χ1v) is 7.00. The Bertz CT molecular complexity index is 701. The summed E-state index contributed by atoms with van der Waals surface area (Å²) in [7, 11) is 0. The highest BCUT2D eigenvalue weighted by Crippen LogP contribution is 2.25. The molecule has 4 nitrogen and oxygen atoms in total. The SMILES string of the molecule is O=C(O)c1ccc2c(c1)NC(=S)N(Cc1ccccc1)C2. The smallest absolute Gasteiger partial charge is 0.335 e. The zero-order chi connectivity index (χ0) is 14.8. The van der Waals surface area contributed by atoms with Crippen LogP contribution < -0.4 is 5.32 Å². The monoisotopic (exact) mass is 298 g/mol. The Hall–Kier alpha value is -2.40. The molecule has 2 aromatic carbocycles. The van der Waals surface area contributed by atoms with Crippen molar-refractivity contribution < 1.29 is 9.90 Å². The van der Waals surface area contributed by atoms with Crippen molar-refractivity contribution in [2.45, 2.75) is 13.1 Å². The fourth-order valence-electron chi connectivity index (χ4n) is 2.37. The lowest BCUT2D eigenvalue weighted by atomic mass is 10.1. The molecule has 0 saturated heterocycles. The van der Waals surface area contributed by atoms with Gasteiger partial charge in [-0.1, -0.05) is 36.4 Å². The molecule has 0 atom stereocenters. The number of nitrogens with zero attached hydrogens (tertiary/aromatic N) is 1. The molecule has 0 aromatic heterocycles. The van der Waals surface area contributed by atoms with Gasteiger partial charge in [-0.3, -0.25) is 0 Å². The van der Waals surface area contributed by atoms with Gasteiger partial charge < -0.3 is 15.3 Å². The maximum Gasteiger partial charge on any atom is 0.335 e. The molecule has 0 saturated carbocycles. The molecule has 0 spiro atoms. The summed E-state index contributed by atoms with van der Waals surface area (Å²) < 4.78 is 0. The van der Waals surface area contributed by atoms with Crippen LogP contribution in [0.5, 0.6) is 0 Å². The van der Waals surface area contributed by atoms with Crippen LogP contribution >= 0.6 is 12.2 Å². The Balaban J connectivity index is 1.82. The number of hydrogen-bond donors (Lipinski definition) is 2. The zero-order valence-corrected chi connectivity index (χ0v) is 12.1. The molecular formula is C16H14N2O2S. The third-order valence-electron chi connectivity index (χ3n) is 3.46. The first-order chi connectivity index (χ1) is 10.1. The Morgan fingerprint density at radius 1 is 1.24 bits per heavy atom. The zero-order valence-electron chi connectivity index (χ0n) is 11.2. The second-order valence-electron chi connectivity index (χ2n) is 4.95. The number of hydrogen-bond acceptors (Lipinski definition) is 2. The fraction of sp³-hybridized carbons (Fsp3) is 0.125. The number of thiocarbonyl (C=S) groups is 1. The molecular weight excluding hydrogens is 284 g/mol. The normalized spacial score (nSPS) is 13.5. The number of carbonyl (C=O) groups is 1. The molecule has 106 valence electrons. The molecule has 1 aliphatic rings. The minimum absolute atomic E-state index is 0.264. The highest BCUT2D eigenvalue weighted by molar-refractivity contribution is 7.80. The van der Waals surface area contributed by atoms with Crippen molar-refractivity contribution in [3.8, 4) is 0 Å². The quantitative estimate of drug-likeness (QED) is 0.853. The van der Waals surface area contributed by atoms with Crippen molar-refractivity contribution in [2.24, 2.45) is 0 Å². The lowest BCUT2D eigenvalue weighted by Gasteiger charge is -2.32. The molecule has 1 heterocycles. The lowest BCUT2D eigenvalue weighted by molar-refractivity contribution is 0.0697. The predicted octanol–water partition coefficient (Wildman–Crippen LogP) is 3.10. The van der Waals surface area contributed by atoms with Gasteiger partial charge >= 0.3 is 5.97 Å². The Kier molecular flexibility index (Phi) is 3.58. The maximum absolute atomic E-state index is 11.0. The summed E-state index contributed by atoms with van der Waals surface area (Å²) in [5, 5.41) is 12.8. The number of aromatic carboxylic acids is 1. The minimum atomic E-state index is -0.933. The van der Waals surface area contributed by atoms with E-state index in [0.717, 1.165) is 17.8 Å². The average molecular weight is 298 g/mol. The molecule has 5 heteroatoms. The largest absolute Gasteiger partial charge is 0.478 e. The van der Waals surface area contributed by atoms with Gasteiger partial charge in [-0.25, -0.2) is 4.79 Å². The molecule has 2 aromatic rings. The summed E-state index contributed by atoms with van der Waals surface area (Å²) in [6.07, 6.45) is 0. The lowest BCUT2D eigenvalue weighted by Crippen LogP contribution is -2.37. The number of fused-ring (bicyclic) bond motifs is 1. The van der Waals surface area contributed by atoms with E-state index in [1.807, 2.05) is 24.3 Å². The van der Waals surface area contributed by atoms with Crippen molar-refractivity contribution >= 4 is 29.0 Å². The predicted molar refractivity (Wildman–Crippen MR) is 85.3 cm³/mol. The molecule has 0 unspecified atom stereocenters. The maximum atomic E-state index is 11.0. The van der Waals surface area contributed by atoms with E-state index in [9.17, 15) is 4.79 Å². The highest BCUT2D eigenvalue weighted by atomic mass is 32.1. The molecule has 3 rings (SSSR count). The molecule has 2 N–H and O–H groups in total. The minimum Gasteiger partial charge on any atom is -0.478 e. The number of benzene rings is 2. The molecule has 0 bridgehead atoms. The van der Waals surface area contributed by atoms with Crippen molar-refractivity contribution in [3.63, 3.8) is 0 Å². The van der Waals surface area contributed by atoms with Crippen LogP contribution in [-0.2, 0) is 13.1 Å². The van der Waals surface area contributed by atoms with E-state index in [2.05, 4.69) is 22.3 Å². The van der Waals surface area contributed by atoms with Crippen LogP contribution in [-0.4, -0.2) is 21.1 Å². The second-order valence-corrected chi connectivity index (χ2v) is 5.34. The summed E-state index contributed by atoms with van der Waals surface area (Å²) in [5.41, 5.74) is 3.28. The van der Waals surface area contributed by atoms with E-state index in [1.165, 1.54) is 5.56 Å². The van der Waals surface area contributed by atoms with E-state index in [4.69, 9.17) is 17.3 Å². The summed E-state index contributed by atoms with van der Waals surface area (Å²) >= 11 is 5.38. The van der Waals surface area contributed by atoms with E-state index in [-0.39, 0.29) is 5.56 Å². The van der Waals surface area contributed by atoms with Crippen LogP contribution in [0.4, 0.5) is 5.69 Å². The number of anilines is 1. The third kappa shape index (κ3) is 2.87. The van der Waals surface area contributed by atoms with Gasteiger partial charge in [0.1, 0.15) is 0 Å². The van der Waals surface area contributed by atoms with Gasteiger partial charge in [-0.05, 0) is 35.5 Å². The van der Waals surface area contributed by atoms with Crippen LogP contribution in [0.2, 0.25) is 0 Å². The molecule has 1 aliphatic heterocycles. The molecule has 0 aliphatic carbocycles. The molecule has 21 heavy (non-hydrogen) atoms. The second kappa shape index (κ2) is 5.54. The van der Waals surface area contributed by atoms with Gasteiger partial charge in [0.25, 0.3) is 0 Å². The Morgan fingerprint density at radius 3 is 2.71 bits per heavy atom. The van der Waals surface area contributed by atoms with Gasteiger partial charge in [0.2, 0.25) is 0 Å². The van der Waals surface area contributed by atoms with E-state index in [1.54, 1.807) is 12.1 Å². The number of nitrogens with one attached hydrogen (secondary N) is 1. The van der Waals surface area contributed by atoms with Crippen molar-refractivity contribution in [3.05, 3.63) is 65.2 Å². The van der Waals surface area contributed by atoms with Gasteiger partial charge in [0.05, 0.1) is 5.56 Å².